The van der Waals surface area contributed by atoms with E-state index >= 15 is 0 Å². The highest BCUT2D eigenvalue weighted by Gasteiger charge is 2.27. The first kappa shape index (κ1) is 42.6. The van der Waals surface area contributed by atoms with Gasteiger partial charge < -0.3 is 9.13 Å². The Morgan fingerprint density at radius 1 is 0.275 bits per heavy atom. The lowest BCUT2D eigenvalue weighted by Gasteiger charge is -2.21. The fourth-order valence-corrected chi connectivity index (χ4v) is 11.6. The SMILES string of the molecule is Bc1c(B)c(B)c2c(c1B)c1c(B)c(-c3ccc4c(c3)c3c(-c5ccccc5)cccc3n4-c3cccc(-c4ccccc4)c3)c(B)c(B)c1n2-c1ccc(-c2ccccc2)cc1-c1ccccc1. The van der Waals surface area contributed by atoms with Crippen LogP contribution in [0.3, 0.4) is 0 Å². The molecule has 0 spiro atoms. The molecule has 0 aliphatic heterocycles. The van der Waals surface area contributed by atoms with Crippen LogP contribution in [0.1, 0.15) is 0 Å². The number of hydrogen-bond acceptors (Lipinski definition) is 0. The first-order chi connectivity index (χ1) is 33.7. The van der Waals surface area contributed by atoms with E-state index in [1.165, 1.54) is 143 Å². The number of aromatic nitrogens is 2. The van der Waals surface area contributed by atoms with Gasteiger partial charge >= 0.3 is 0 Å². The average Bonchev–Trinajstić information content (AvgIpc) is 3.94. The van der Waals surface area contributed by atoms with Crippen molar-refractivity contribution in [2.24, 2.45) is 0 Å². The maximum atomic E-state index is 2.63. The standard InChI is InChI=1S/C60H47B7N2/c61-52-48(40-28-30-46-44(33-40)49-42(36-19-9-3-10-20-36)25-14-26-47(49)68(46)41-24-13-23-38(31-41)34-15-5-1-6-16-34)53(62)57(66)59-50(52)51-54(63)55(64)56(65)58(67)60(51)69(59)45-29-27-39(35-17-7-2-8-18-35)32-43(45)37-21-11-4-12-22-37/h1-33H,61-67H2. The maximum Gasteiger partial charge on any atom is 0.141 e. The third-order valence-electron chi connectivity index (χ3n) is 15.4. The van der Waals surface area contributed by atoms with Crippen molar-refractivity contribution in [1.29, 1.82) is 0 Å². The predicted octanol–water partition coefficient (Wildman–Crippen LogP) is 4.02. The van der Waals surface area contributed by atoms with Gasteiger partial charge in [-0.3, -0.25) is 0 Å². The molecule has 0 aliphatic rings. The Balaban J connectivity index is 1.16. The molecule has 12 aromatic rings. The molecular formula is C60H47B7N2. The van der Waals surface area contributed by atoms with E-state index < -0.39 is 0 Å². The monoisotopic (exact) mass is 872 g/mol. The van der Waals surface area contributed by atoms with Crippen molar-refractivity contribution in [2.75, 3.05) is 0 Å². The molecule has 10 aromatic carbocycles. The molecule has 0 atom stereocenters. The first-order valence-electron chi connectivity index (χ1n) is 24.3. The van der Waals surface area contributed by atoms with Crippen LogP contribution in [0, 0.1) is 0 Å². The number of fused-ring (bicyclic) bond motifs is 6. The van der Waals surface area contributed by atoms with Gasteiger partial charge in [-0.05, 0) is 97.9 Å². The fraction of sp³-hybridized carbons (Fsp3) is 0. The average molecular weight is 872 g/mol. The van der Waals surface area contributed by atoms with Gasteiger partial charge in [-0.25, -0.2) is 0 Å². The molecule has 12 rings (SSSR count). The highest BCUT2D eigenvalue weighted by atomic mass is 15.0. The van der Waals surface area contributed by atoms with Crippen LogP contribution in [0.25, 0.3) is 111 Å². The molecule has 318 valence electrons. The van der Waals surface area contributed by atoms with E-state index in [9.17, 15) is 0 Å². The van der Waals surface area contributed by atoms with Crippen LogP contribution in [0.4, 0.5) is 0 Å². The molecule has 0 bridgehead atoms. The minimum Gasteiger partial charge on any atom is -0.310 e. The Bertz CT molecular complexity index is 4010. The number of nitrogens with zero attached hydrogens (tertiary/aromatic N) is 2. The van der Waals surface area contributed by atoms with Gasteiger partial charge in [0, 0.05) is 38.4 Å². The molecule has 0 saturated carbocycles. The summed E-state index contributed by atoms with van der Waals surface area (Å²) < 4.78 is 5.10. The molecule has 0 aliphatic carbocycles. The van der Waals surface area contributed by atoms with Crippen molar-refractivity contribution in [3.8, 4) is 67.0 Å². The summed E-state index contributed by atoms with van der Waals surface area (Å²) in [6, 6.07) is 73.5. The van der Waals surface area contributed by atoms with Crippen molar-refractivity contribution in [1.82, 2.24) is 9.13 Å². The Kier molecular flexibility index (Phi) is 10.4. The zero-order chi connectivity index (χ0) is 47.1. The molecule has 69 heavy (non-hydrogen) atoms. The van der Waals surface area contributed by atoms with Crippen molar-refractivity contribution in [3.63, 3.8) is 0 Å². The molecule has 0 saturated heterocycles. The quantitative estimate of drug-likeness (QED) is 0.215. The molecule has 0 fully saturated rings. The van der Waals surface area contributed by atoms with Gasteiger partial charge in [0.05, 0.1) is 16.7 Å². The van der Waals surface area contributed by atoms with Gasteiger partial charge in [-0.2, -0.15) is 0 Å². The predicted molar refractivity (Wildman–Crippen MR) is 320 cm³/mol. The van der Waals surface area contributed by atoms with Gasteiger partial charge in [-0.15, -0.1) is 5.46 Å². The lowest BCUT2D eigenvalue weighted by Crippen LogP contribution is -2.48. The largest absolute Gasteiger partial charge is 0.310 e. The minimum atomic E-state index is 1.15. The molecule has 0 unspecified atom stereocenters. The zero-order valence-electron chi connectivity index (χ0n) is 40.4. The normalized spacial score (nSPS) is 11.6. The minimum absolute atomic E-state index is 1.15. The summed E-state index contributed by atoms with van der Waals surface area (Å²) in [5.74, 6) is 0. The first-order valence-corrected chi connectivity index (χ1v) is 24.3. The Hall–Kier alpha value is -7.75. The second-order valence-electron chi connectivity index (χ2n) is 19.0. The van der Waals surface area contributed by atoms with Crippen LogP contribution in [0.2, 0.25) is 0 Å². The van der Waals surface area contributed by atoms with Gasteiger partial charge in [0.2, 0.25) is 0 Å². The van der Waals surface area contributed by atoms with Crippen molar-refractivity contribution in [2.45, 2.75) is 0 Å². The molecule has 2 aromatic heterocycles. The summed E-state index contributed by atoms with van der Waals surface area (Å²) in [4.78, 5) is 0. The van der Waals surface area contributed by atoms with Gasteiger partial charge in [0.1, 0.15) is 54.9 Å². The van der Waals surface area contributed by atoms with Crippen molar-refractivity contribution >= 4 is 137 Å². The van der Waals surface area contributed by atoms with Gasteiger partial charge in [0.25, 0.3) is 0 Å². The second kappa shape index (κ2) is 16.8. The number of benzene rings is 10. The van der Waals surface area contributed by atoms with E-state index in [2.05, 4.69) is 264 Å². The summed E-state index contributed by atoms with van der Waals surface area (Å²) in [7, 11) is 16.4. The number of rotatable bonds is 7. The lowest BCUT2D eigenvalue weighted by atomic mass is 9.64. The fourth-order valence-electron chi connectivity index (χ4n) is 11.6. The summed E-state index contributed by atoms with van der Waals surface area (Å²) in [6.07, 6.45) is 0. The van der Waals surface area contributed by atoms with Crippen LogP contribution in [0.5, 0.6) is 0 Å². The number of hydrogen-bond donors (Lipinski definition) is 0. The highest BCUT2D eigenvalue weighted by molar-refractivity contribution is 6.69. The van der Waals surface area contributed by atoms with Crippen molar-refractivity contribution in [3.05, 3.63) is 200 Å². The molecule has 9 heteroatoms. The third-order valence-corrected chi connectivity index (χ3v) is 15.4. The van der Waals surface area contributed by atoms with Crippen LogP contribution in [-0.2, 0) is 0 Å². The topological polar surface area (TPSA) is 9.86 Å². The van der Waals surface area contributed by atoms with E-state index in [0.29, 0.717) is 0 Å². The van der Waals surface area contributed by atoms with E-state index in [1.54, 1.807) is 0 Å². The van der Waals surface area contributed by atoms with E-state index in [-0.39, 0.29) is 0 Å². The summed E-state index contributed by atoms with van der Waals surface area (Å²) in [5, 5.41) is 5.19. The van der Waals surface area contributed by atoms with Crippen LogP contribution in [0.15, 0.2) is 200 Å². The molecule has 2 nitrogen and oxygen atoms in total. The zero-order valence-corrected chi connectivity index (χ0v) is 40.4. The van der Waals surface area contributed by atoms with Crippen molar-refractivity contribution < 1.29 is 0 Å². The summed E-state index contributed by atoms with van der Waals surface area (Å²) in [6.45, 7) is 0. The Labute approximate surface area is 410 Å². The van der Waals surface area contributed by atoms with E-state index in [0.717, 1.165) is 5.69 Å². The third kappa shape index (κ3) is 6.73. The molecule has 0 amide bonds. The van der Waals surface area contributed by atoms with E-state index in [4.69, 9.17) is 0 Å². The lowest BCUT2D eigenvalue weighted by molar-refractivity contribution is 1.18. The molecular weight excluding hydrogens is 824 g/mol. The Morgan fingerprint density at radius 2 is 0.783 bits per heavy atom. The maximum absolute atomic E-state index is 2.63. The Morgan fingerprint density at radius 3 is 1.42 bits per heavy atom. The molecule has 0 radical (unpaired) electrons. The summed E-state index contributed by atoms with van der Waals surface area (Å²) in [5.41, 5.74) is 28.9. The molecule has 0 N–H and O–H groups in total. The van der Waals surface area contributed by atoms with Crippen LogP contribution >= 0.6 is 0 Å². The van der Waals surface area contributed by atoms with Gasteiger partial charge in [-0.1, -0.05) is 191 Å². The smallest absolute Gasteiger partial charge is 0.141 e. The second-order valence-corrected chi connectivity index (χ2v) is 19.0. The van der Waals surface area contributed by atoms with Gasteiger partial charge in [0.15, 0.2) is 0 Å². The van der Waals surface area contributed by atoms with Crippen LogP contribution < -0.4 is 38.2 Å². The highest BCUT2D eigenvalue weighted by Crippen LogP contribution is 2.42. The molecule has 2 heterocycles. The summed E-state index contributed by atoms with van der Waals surface area (Å²) >= 11 is 0. The van der Waals surface area contributed by atoms with E-state index in [1.807, 2.05) is 0 Å². The van der Waals surface area contributed by atoms with Crippen LogP contribution in [-0.4, -0.2) is 64.1 Å².